The molecule has 1 N–H and O–H groups in total. The first kappa shape index (κ1) is 18.2. The Labute approximate surface area is 163 Å². The van der Waals surface area contributed by atoms with Crippen molar-refractivity contribution in [3.05, 3.63) is 77.9 Å². The Hall–Kier alpha value is -3.15. The number of benzene rings is 2. The quantitative estimate of drug-likeness (QED) is 0.600. The van der Waals surface area contributed by atoms with Crippen LogP contribution in [0.2, 0.25) is 0 Å². The summed E-state index contributed by atoms with van der Waals surface area (Å²) in [7, 11) is 0. The zero-order valence-corrected chi connectivity index (χ0v) is 15.5. The van der Waals surface area contributed by atoms with E-state index in [1.165, 1.54) is 6.07 Å². The van der Waals surface area contributed by atoms with Gasteiger partial charge in [-0.05, 0) is 49.6 Å². The first-order valence-corrected chi connectivity index (χ1v) is 9.53. The Morgan fingerprint density at radius 2 is 1.89 bits per heavy atom. The normalized spacial score (nSPS) is 13.3. The van der Waals surface area contributed by atoms with Gasteiger partial charge in [0.2, 0.25) is 0 Å². The van der Waals surface area contributed by atoms with Crippen LogP contribution >= 0.6 is 0 Å². The summed E-state index contributed by atoms with van der Waals surface area (Å²) in [5.74, 6) is 0.135. The predicted molar refractivity (Wildman–Crippen MR) is 104 cm³/mol. The van der Waals surface area contributed by atoms with Crippen molar-refractivity contribution in [2.75, 3.05) is 13.2 Å². The summed E-state index contributed by atoms with van der Waals surface area (Å²) < 4.78 is 20.6. The molecule has 3 aromatic rings. The number of nitrogens with zero attached hydrogens (tertiary/aromatic N) is 2. The van der Waals surface area contributed by atoms with Gasteiger partial charge in [0.05, 0.1) is 18.0 Å². The largest absolute Gasteiger partial charge is 0.490 e. The lowest BCUT2D eigenvalue weighted by atomic mass is 10.2. The van der Waals surface area contributed by atoms with Crippen LogP contribution in [0, 0.1) is 5.82 Å². The van der Waals surface area contributed by atoms with Gasteiger partial charge in [-0.15, -0.1) is 0 Å². The molecule has 5 nitrogen and oxygen atoms in total. The predicted octanol–water partition coefficient (Wildman–Crippen LogP) is 4.09. The number of carbonyl (C=O) groups excluding carboxylic acids is 1. The number of halogens is 1. The van der Waals surface area contributed by atoms with E-state index in [9.17, 15) is 9.18 Å². The minimum Gasteiger partial charge on any atom is -0.490 e. The van der Waals surface area contributed by atoms with Crippen LogP contribution in [0.25, 0.3) is 5.69 Å². The fraction of sp³-hybridized carbons (Fsp3) is 0.273. The molecule has 0 radical (unpaired) electrons. The SMILES string of the molecule is O=C(NCCCOc1ccccc1F)c1cc(C2CC2)nn1-c1ccccc1. The van der Waals surface area contributed by atoms with Crippen molar-refractivity contribution in [3.63, 3.8) is 0 Å². The zero-order valence-electron chi connectivity index (χ0n) is 15.5. The molecule has 4 rings (SSSR count). The van der Waals surface area contributed by atoms with Gasteiger partial charge in [0.1, 0.15) is 5.69 Å². The van der Waals surface area contributed by atoms with Gasteiger partial charge in [-0.25, -0.2) is 9.07 Å². The molecule has 1 amide bonds. The van der Waals surface area contributed by atoms with Crippen LogP contribution in [0.15, 0.2) is 60.7 Å². The molecular weight excluding hydrogens is 357 g/mol. The molecule has 6 heteroatoms. The van der Waals surface area contributed by atoms with Crippen LogP contribution in [0.1, 0.15) is 41.4 Å². The van der Waals surface area contributed by atoms with Crippen LogP contribution in [0.3, 0.4) is 0 Å². The van der Waals surface area contributed by atoms with E-state index in [0.717, 1.165) is 24.2 Å². The van der Waals surface area contributed by atoms with Crippen LogP contribution in [-0.2, 0) is 0 Å². The van der Waals surface area contributed by atoms with Gasteiger partial charge in [0, 0.05) is 12.5 Å². The lowest BCUT2D eigenvalue weighted by Gasteiger charge is -2.09. The van der Waals surface area contributed by atoms with Crippen molar-refractivity contribution in [1.29, 1.82) is 0 Å². The van der Waals surface area contributed by atoms with Crippen LogP contribution in [0.5, 0.6) is 5.75 Å². The maximum atomic E-state index is 13.5. The summed E-state index contributed by atoms with van der Waals surface area (Å²) in [6, 6.07) is 17.8. The van der Waals surface area contributed by atoms with Gasteiger partial charge in [-0.3, -0.25) is 4.79 Å². The van der Waals surface area contributed by atoms with Gasteiger partial charge in [0.25, 0.3) is 5.91 Å². The summed E-state index contributed by atoms with van der Waals surface area (Å²) in [5, 5.41) is 7.56. The number of amides is 1. The maximum Gasteiger partial charge on any atom is 0.270 e. The lowest BCUT2D eigenvalue weighted by Crippen LogP contribution is -2.27. The number of hydrogen-bond donors (Lipinski definition) is 1. The molecular formula is C22H22FN3O2. The highest BCUT2D eigenvalue weighted by molar-refractivity contribution is 5.93. The summed E-state index contributed by atoms with van der Waals surface area (Å²) in [6.45, 7) is 0.762. The van der Waals surface area contributed by atoms with Gasteiger partial charge >= 0.3 is 0 Å². The minimum absolute atomic E-state index is 0.172. The summed E-state index contributed by atoms with van der Waals surface area (Å²) in [4.78, 5) is 12.7. The van der Waals surface area contributed by atoms with Crippen molar-refractivity contribution in [2.45, 2.75) is 25.2 Å². The molecule has 1 heterocycles. The highest BCUT2D eigenvalue weighted by Gasteiger charge is 2.28. The molecule has 0 unspecified atom stereocenters. The minimum atomic E-state index is -0.383. The number of ether oxygens (including phenoxy) is 1. The van der Waals surface area contributed by atoms with E-state index < -0.39 is 0 Å². The molecule has 1 fully saturated rings. The molecule has 0 bridgehead atoms. The average Bonchev–Trinajstić information content (AvgIpc) is 3.48. The number of hydrogen-bond acceptors (Lipinski definition) is 3. The number of nitrogens with one attached hydrogen (secondary N) is 1. The molecule has 1 aliphatic carbocycles. The Morgan fingerprint density at radius 1 is 1.14 bits per heavy atom. The Morgan fingerprint density at radius 3 is 2.64 bits per heavy atom. The van der Waals surface area contributed by atoms with Crippen molar-refractivity contribution in [3.8, 4) is 11.4 Å². The number of carbonyl (C=O) groups is 1. The second-order valence-corrected chi connectivity index (χ2v) is 6.86. The summed E-state index contributed by atoms with van der Waals surface area (Å²) in [6.07, 6.45) is 2.83. The number of para-hydroxylation sites is 2. The first-order valence-electron chi connectivity index (χ1n) is 9.53. The monoisotopic (exact) mass is 379 g/mol. The molecule has 0 spiro atoms. The van der Waals surface area contributed by atoms with Crippen molar-refractivity contribution in [1.82, 2.24) is 15.1 Å². The standard InChI is InChI=1S/C22H22FN3O2/c23-18-9-4-5-10-21(18)28-14-6-13-24-22(27)20-15-19(16-11-12-16)25-26(20)17-7-2-1-3-8-17/h1-5,7-10,15-16H,6,11-14H2,(H,24,27). The van der Waals surface area contributed by atoms with Gasteiger partial charge < -0.3 is 10.1 Å². The van der Waals surface area contributed by atoms with E-state index in [0.29, 0.717) is 31.2 Å². The van der Waals surface area contributed by atoms with Crippen LogP contribution < -0.4 is 10.1 Å². The van der Waals surface area contributed by atoms with Gasteiger partial charge in [-0.2, -0.15) is 5.10 Å². The first-order chi connectivity index (χ1) is 13.7. The average molecular weight is 379 g/mol. The molecule has 1 aromatic heterocycles. The molecule has 1 aliphatic rings. The van der Waals surface area contributed by atoms with E-state index in [1.807, 2.05) is 36.4 Å². The molecule has 0 aliphatic heterocycles. The number of rotatable bonds is 8. The van der Waals surface area contributed by atoms with E-state index in [4.69, 9.17) is 4.74 Å². The topological polar surface area (TPSA) is 56.1 Å². The van der Waals surface area contributed by atoms with Crippen molar-refractivity contribution in [2.24, 2.45) is 0 Å². The van der Waals surface area contributed by atoms with E-state index >= 15 is 0 Å². The van der Waals surface area contributed by atoms with E-state index in [2.05, 4.69) is 10.4 Å². The summed E-state index contributed by atoms with van der Waals surface area (Å²) in [5.41, 5.74) is 2.36. The van der Waals surface area contributed by atoms with Crippen molar-refractivity contribution < 1.29 is 13.9 Å². The molecule has 144 valence electrons. The third kappa shape index (κ3) is 4.22. The molecule has 1 saturated carbocycles. The van der Waals surface area contributed by atoms with E-state index in [1.54, 1.807) is 22.9 Å². The smallest absolute Gasteiger partial charge is 0.270 e. The van der Waals surface area contributed by atoms with E-state index in [-0.39, 0.29) is 17.5 Å². The molecule has 2 aromatic carbocycles. The second kappa shape index (κ2) is 8.25. The van der Waals surface area contributed by atoms with Gasteiger partial charge in [0.15, 0.2) is 11.6 Å². The fourth-order valence-corrected chi connectivity index (χ4v) is 3.01. The third-order valence-electron chi connectivity index (χ3n) is 4.66. The maximum absolute atomic E-state index is 13.5. The van der Waals surface area contributed by atoms with Crippen LogP contribution in [0.4, 0.5) is 4.39 Å². The Bertz CT molecular complexity index is 951. The lowest BCUT2D eigenvalue weighted by molar-refractivity contribution is 0.0943. The third-order valence-corrected chi connectivity index (χ3v) is 4.66. The molecule has 0 saturated heterocycles. The molecule has 28 heavy (non-hydrogen) atoms. The Kier molecular flexibility index (Phi) is 5.37. The second-order valence-electron chi connectivity index (χ2n) is 6.86. The molecule has 0 atom stereocenters. The van der Waals surface area contributed by atoms with Gasteiger partial charge in [-0.1, -0.05) is 30.3 Å². The van der Waals surface area contributed by atoms with Crippen molar-refractivity contribution >= 4 is 5.91 Å². The summed E-state index contributed by atoms with van der Waals surface area (Å²) >= 11 is 0. The Balaban J connectivity index is 1.36. The highest BCUT2D eigenvalue weighted by atomic mass is 19.1. The zero-order chi connectivity index (χ0) is 19.3. The number of aromatic nitrogens is 2. The fourth-order valence-electron chi connectivity index (χ4n) is 3.01. The van der Waals surface area contributed by atoms with Crippen LogP contribution in [-0.4, -0.2) is 28.8 Å². The highest BCUT2D eigenvalue weighted by Crippen LogP contribution is 2.39.